The van der Waals surface area contributed by atoms with Gasteiger partial charge in [0.2, 0.25) is 5.91 Å². The third kappa shape index (κ3) is 4.87. The lowest BCUT2D eigenvalue weighted by Crippen LogP contribution is -2.30. The predicted octanol–water partition coefficient (Wildman–Crippen LogP) is 1.33. The molecule has 0 aromatic heterocycles. The minimum Gasteiger partial charge on any atom is -0.481 e. The van der Waals surface area contributed by atoms with Gasteiger partial charge in [0.1, 0.15) is 12.2 Å². The first-order chi connectivity index (χ1) is 8.90. The number of hydrogen-bond donors (Lipinski definition) is 1. The van der Waals surface area contributed by atoms with Gasteiger partial charge in [-0.3, -0.25) is 14.4 Å². The van der Waals surface area contributed by atoms with E-state index in [1.54, 1.807) is 0 Å². The molecule has 1 aromatic carbocycles. The van der Waals surface area contributed by atoms with Gasteiger partial charge < -0.3 is 10.0 Å². The molecule has 0 saturated carbocycles. The molecule has 6 heteroatoms. The van der Waals surface area contributed by atoms with Crippen molar-refractivity contribution in [2.45, 2.75) is 12.8 Å². The number of carboxylic acids is 1. The molecular formula is C13H14FNO4. The van der Waals surface area contributed by atoms with E-state index >= 15 is 0 Å². The van der Waals surface area contributed by atoms with Crippen LogP contribution in [0.3, 0.4) is 0 Å². The van der Waals surface area contributed by atoms with Crippen molar-refractivity contribution in [3.8, 4) is 0 Å². The Kier molecular flexibility index (Phi) is 5.17. The summed E-state index contributed by atoms with van der Waals surface area (Å²) in [7, 11) is 1.43. The summed E-state index contributed by atoms with van der Waals surface area (Å²) in [4.78, 5) is 34.6. The molecule has 0 aliphatic heterocycles. The molecule has 0 bridgehead atoms. The van der Waals surface area contributed by atoms with Crippen LogP contribution in [0, 0.1) is 5.82 Å². The highest BCUT2D eigenvalue weighted by atomic mass is 19.1. The number of halogens is 1. The molecule has 19 heavy (non-hydrogen) atoms. The molecule has 0 fully saturated rings. The Labute approximate surface area is 109 Å². The second-order valence-electron chi connectivity index (χ2n) is 4.07. The van der Waals surface area contributed by atoms with E-state index in [4.69, 9.17) is 5.11 Å². The first kappa shape index (κ1) is 14.8. The monoisotopic (exact) mass is 267 g/mol. The van der Waals surface area contributed by atoms with Gasteiger partial charge in [-0.2, -0.15) is 0 Å². The van der Waals surface area contributed by atoms with Gasteiger partial charge in [-0.25, -0.2) is 4.39 Å². The molecule has 0 aliphatic carbocycles. The molecule has 1 N–H and O–H groups in total. The topological polar surface area (TPSA) is 74.7 Å². The molecular weight excluding hydrogens is 253 g/mol. The minimum absolute atomic E-state index is 0.0630. The summed E-state index contributed by atoms with van der Waals surface area (Å²) in [5.74, 6) is -2.42. The summed E-state index contributed by atoms with van der Waals surface area (Å²) < 4.78 is 12.7. The lowest BCUT2D eigenvalue weighted by Gasteiger charge is -2.15. The number of carbonyl (C=O) groups is 3. The molecule has 1 amide bonds. The fourth-order valence-electron chi connectivity index (χ4n) is 1.44. The summed E-state index contributed by atoms with van der Waals surface area (Å²) in [6.45, 7) is 0.127. The second kappa shape index (κ2) is 6.63. The van der Waals surface area contributed by atoms with E-state index in [2.05, 4.69) is 0 Å². The van der Waals surface area contributed by atoms with Crippen molar-refractivity contribution >= 4 is 17.7 Å². The Morgan fingerprint density at radius 2 is 1.79 bits per heavy atom. The molecule has 0 saturated heterocycles. The molecule has 0 unspecified atom stereocenters. The number of benzene rings is 1. The fraction of sp³-hybridized carbons (Fsp3) is 0.308. The van der Waals surface area contributed by atoms with Crippen molar-refractivity contribution in [3.63, 3.8) is 0 Å². The second-order valence-corrected chi connectivity index (χ2v) is 4.07. The van der Waals surface area contributed by atoms with Crippen molar-refractivity contribution in [3.05, 3.63) is 35.6 Å². The highest BCUT2D eigenvalue weighted by Gasteiger charge is 2.14. The SMILES string of the molecule is CN(CCC(=O)c1ccc(F)cc1)C(=O)CC(=O)O. The summed E-state index contributed by atoms with van der Waals surface area (Å²) >= 11 is 0. The molecule has 0 aliphatic rings. The quantitative estimate of drug-likeness (QED) is 0.623. The van der Waals surface area contributed by atoms with Gasteiger partial charge in [0.25, 0.3) is 0 Å². The molecule has 0 radical (unpaired) electrons. The molecule has 0 spiro atoms. The van der Waals surface area contributed by atoms with Gasteiger partial charge in [-0.05, 0) is 24.3 Å². The van der Waals surface area contributed by atoms with Crippen LogP contribution >= 0.6 is 0 Å². The van der Waals surface area contributed by atoms with Crippen LogP contribution in [0.5, 0.6) is 0 Å². The number of hydrogen-bond acceptors (Lipinski definition) is 3. The summed E-state index contributed by atoms with van der Waals surface area (Å²) in [6, 6.07) is 5.12. The van der Waals surface area contributed by atoms with Crippen molar-refractivity contribution in [1.29, 1.82) is 0 Å². The summed E-state index contributed by atoms with van der Waals surface area (Å²) in [6.07, 6.45) is -0.533. The van der Waals surface area contributed by atoms with Crippen LogP contribution in [0.25, 0.3) is 0 Å². The molecule has 1 rings (SSSR count). The van der Waals surface area contributed by atoms with Crippen molar-refractivity contribution in [1.82, 2.24) is 4.90 Å². The zero-order valence-corrected chi connectivity index (χ0v) is 10.4. The zero-order valence-electron chi connectivity index (χ0n) is 10.4. The first-order valence-electron chi connectivity index (χ1n) is 5.64. The lowest BCUT2D eigenvalue weighted by molar-refractivity contribution is -0.143. The number of aliphatic carboxylic acids is 1. The highest BCUT2D eigenvalue weighted by Crippen LogP contribution is 2.06. The third-order valence-electron chi connectivity index (χ3n) is 2.57. The smallest absolute Gasteiger partial charge is 0.312 e. The Balaban J connectivity index is 2.48. The van der Waals surface area contributed by atoms with E-state index in [-0.39, 0.29) is 18.7 Å². The summed E-state index contributed by atoms with van der Waals surface area (Å²) in [5.41, 5.74) is 0.362. The molecule has 5 nitrogen and oxygen atoms in total. The van der Waals surface area contributed by atoms with Crippen molar-refractivity contribution < 1.29 is 23.9 Å². The number of carbonyl (C=O) groups excluding carboxylic acids is 2. The standard InChI is InChI=1S/C13H14FNO4/c1-15(12(17)8-13(18)19)7-6-11(16)9-2-4-10(14)5-3-9/h2-5H,6-8H2,1H3,(H,18,19). The van der Waals surface area contributed by atoms with Gasteiger partial charge in [0.15, 0.2) is 5.78 Å². The third-order valence-corrected chi connectivity index (χ3v) is 2.57. The predicted molar refractivity (Wildman–Crippen MR) is 65.2 cm³/mol. The Bertz CT molecular complexity index is 484. The van der Waals surface area contributed by atoms with E-state index < -0.39 is 24.1 Å². The van der Waals surface area contributed by atoms with E-state index in [1.807, 2.05) is 0 Å². The van der Waals surface area contributed by atoms with Crippen LogP contribution in [0.15, 0.2) is 24.3 Å². The number of amides is 1. The maximum absolute atomic E-state index is 12.7. The highest BCUT2D eigenvalue weighted by molar-refractivity contribution is 5.97. The Hall–Kier alpha value is -2.24. The van der Waals surface area contributed by atoms with Gasteiger partial charge in [0.05, 0.1) is 0 Å². The van der Waals surface area contributed by atoms with E-state index in [0.29, 0.717) is 5.56 Å². The van der Waals surface area contributed by atoms with Crippen LogP contribution in [0.1, 0.15) is 23.2 Å². The largest absolute Gasteiger partial charge is 0.481 e. The van der Waals surface area contributed by atoms with Gasteiger partial charge in [-0.1, -0.05) is 0 Å². The van der Waals surface area contributed by atoms with Crippen LogP contribution in [-0.4, -0.2) is 41.3 Å². The lowest BCUT2D eigenvalue weighted by atomic mass is 10.1. The van der Waals surface area contributed by atoms with E-state index in [9.17, 15) is 18.8 Å². The Morgan fingerprint density at radius 3 is 2.32 bits per heavy atom. The van der Waals surface area contributed by atoms with Gasteiger partial charge >= 0.3 is 5.97 Å². The van der Waals surface area contributed by atoms with Crippen LogP contribution < -0.4 is 0 Å². The molecule has 0 heterocycles. The molecule has 1 aromatic rings. The minimum atomic E-state index is -1.21. The maximum Gasteiger partial charge on any atom is 0.312 e. The molecule has 0 atom stereocenters. The zero-order chi connectivity index (χ0) is 14.4. The summed E-state index contributed by atoms with van der Waals surface area (Å²) in [5, 5.41) is 8.46. The number of ketones is 1. The number of carboxylic acid groups (broad SMARTS) is 1. The average Bonchev–Trinajstić information content (AvgIpc) is 2.35. The van der Waals surface area contributed by atoms with E-state index in [0.717, 1.165) is 0 Å². The fourth-order valence-corrected chi connectivity index (χ4v) is 1.44. The maximum atomic E-state index is 12.7. The van der Waals surface area contributed by atoms with E-state index in [1.165, 1.54) is 36.2 Å². The first-order valence-corrected chi connectivity index (χ1v) is 5.64. The number of rotatable bonds is 6. The Morgan fingerprint density at radius 1 is 1.21 bits per heavy atom. The van der Waals surface area contributed by atoms with Crippen molar-refractivity contribution in [2.24, 2.45) is 0 Å². The van der Waals surface area contributed by atoms with Crippen molar-refractivity contribution in [2.75, 3.05) is 13.6 Å². The van der Waals surface area contributed by atoms with Gasteiger partial charge in [0, 0.05) is 25.6 Å². The normalized spacial score (nSPS) is 10.0. The molecule has 102 valence electrons. The van der Waals surface area contributed by atoms with Crippen LogP contribution in [0.4, 0.5) is 4.39 Å². The number of Topliss-reactive ketones (excluding diaryl/α,β-unsaturated/α-hetero) is 1. The van der Waals surface area contributed by atoms with Crippen LogP contribution in [-0.2, 0) is 9.59 Å². The van der Waals surface area contributed by atoms with Crippen LogP contribution in [0.2, 0.25) is 0 Å². The number of nitrogens with zero attached hydrogens (tertiary/aromatic N) is 1. The van der Waals surface area contributed by atoms with Gasteiger partial charge in [-0.15, -0.1) is 0 Å². The average molecular weight is 267 g/mol.